The average Bonchev–Trinajstić information content (AvgIpc) is 2.70. The summed E-state index contributed by atoms with van der Waals surface area (Å²) in [5.74, 6) is -0.490. The molecule has 1 heterocycles. The Bertz CT molecular complexity index is 956. The number of anilines is 2. The highest BCUT2D eigenvalue weighted by atomic mass is 35.5. The molecule has 3 rings (SSSR count). The predicted octanol–water partition coefficient (Wildman–Crippen LogP) is 3.35. The van der Waals surface area contributed by atoms with Gasteiger partial charge in [0.25, 0.3) is 0 Å². The lowest BCUT2D eigenvalue weighted by atomic mass is 10.0. The Morgan fingerprint density at radius 3 is 2.75 bits per heavy atom. The van der Waals surface area contributed by atoms with Crippen LogP contribution in [0.25, 0.3) is 17.2 Å². The summed E-state index contributed by atoms with van der Waals surface area (Å²) in [7, 11) is 0. The van der Waals surface area contributed by atoms with Gasteiger partial charge in [-0.1, -0.05) is 35.9 Å². The fraction of sp³-hybridized carbons (Fsp3) is 0.150. The van der Waals surface area contributed by atoms with Gasteiger partial charge in [-0.25, -0.2) is 4.79 Å². The van der Waals surface area contributed by atoms with Gasteiger partial charge in [0.1, 0.15) is 5.03 Å². The van der Waals surface area contributed by atoms with Gasteiger partial charge >= 0.3 is 5.97 Å². The van der Waals surface area contributed by atoms with Crippen molar-refractivity contribution in [1.82, 2.24) is 5.32 Å². The largest absolute Gasteiger partial charge is 0.477 e. The molecule has 0 atom stereocenters. The Balaban J connectivity index is 1.90. The highest BCUT2D eigenvalue weighted by molar-refractivity contribution is 6.43. The Hall–Kier alpha value is -3.32. The van der Waals surface area contributed by atoms with E-state index in [4.69, 9.17) is 16.7 Å². The molecule has 2 aromatic carbocycles. The minimum atomic E-state index is -1.24. The van der Waals surface area contributed by atoms with Crippen molar-refractivity contribution < 1.29 is 14.7 Å². The zero-order chi connectivity index (χ0) is 19.9. The summed E-state index contributed by atoms with van der Waals surface area (Å²) in [5, 5.41) is 17.7. The summed E-state index contributed by atoms with van der Waals surface area (Å²) < 4.78 is 0. The molecule has 0 unspecified atom stereocenters. The van der Waals surface area contributed by atoms with Crippen molar-refractivity contribution in [2.24, 2.45) is 4.99 Å². The van der Waals surface area contributed by atoms with E-state index in [1.54, 1.807) is 12.1 Å². The van der Waals surface area contributed by atoms with Crippen LogP contribution in [-0.2, 0) is 9.59 Å². The van der Waals surface area contributed by atoms with E-state index in [9.17, 15) is 9.59 Å². The number of nitrogens with one attached hydrogen (secondary N) is 3. The zero-order valence-electron chi connectivity index (χ0n) is 14.9. The SMILES string of the molecule is O=CNc1cc(-c2cccc(NC3=NCCCN3)c2)ccc1C=C(Cl)C(=O)O. The van der Waals surface area contributed by atoms with Gasteiger partial charge in [-0.05, 0) is 47.4 Å². The molecular formula is C20H19ClN4O3. The first kappa shape index (κ1) is 19.4. The third-order valence-electron chi connectivity index (χ3n) is 4.11. The Labute approximate surface area is 167 Å². The third kappa shape index (κ3) is 4.89. The van der Waals surface area contributed by atoms with Gasteiger partial charge in [0.2, 0.25) is 6.41 Å². The zero-order valence-corrected chi connectivity index (χ0v) is 15.7. The van der Waals surface area contributed by atoms with Crippen LogP contribution in [0, 0.1) is 0 Å². The number of nitrogens with zero attached hydrogens (tertiary/aromatic N) is 1. The van der Waals surface area contributed by atoms with Crippen LogP contribution in [0.1, 0.15) is 12.0 Å². The first-order valence-corrected chi connectivity index (χ1v) is 9.05. The topological polar surface area (TPSA) is 103 Å². The lowest BCUT2D eigenvalue weighted by Gasteiger charge is -2.16. The molecule has 1 aliphatic heterocycles. The number of carbonyl (C=O) groups excluding carboxylic acids is 1. The van der Waals surface area contributed by atoms with E-state index in [-0.39, 0.29) is 5.03 Å². The summed E-state index contributed by atoms with van der Waals surface area (Å²) in [6.45, 7) is 1.68. The summed E-state index contributed by atoms with van der Waals surface area (Å²) >= 11 is 5.71. The fourth-order valence-electron chi connectivity index (χ4n) is 2.78. The monoisotopic (exact) mass is 398 g/mol. The van der Waals surface area contributed by atoms with Gasteiger partial charge in [0.05, 0.1) is 0 Å². The van der Waals surface area contributed by atoms with E-state index >= 15 is 0 Å². The lowest BCUT2D eigenvalue weighted by Crippen LogP contribution is -2.35. The van der Waals surface area contributed by atoms with Crippen molar-refractivity contribution in [2.75, 3.05) is 23.7 Å². The second-order valence-electron chi connectivity index (χ2n) is 6.08. The van der Waals surface area contributed by atoms with Gasteiger partial charge < -0.3 is 21.1 Å². The van der Waals surface area contributed by atoms with Crippen LogP contribution in [0.5, 0.6) is 0 Å². The quantitative estimate of drug-likeness (QED) is 0.441. The number of amides is 1. The molecule has 144 valence electrons. The van der Waals surface area contributed by atoms with E-state index in [1.165, 1.54) is 6.08 Å². The molecule has 7 nitrogen and oxygen atoms in total. The van der Waals surface area contributed by atoms with Crippen molar-refractivity contribution in [1.29, 1.82) is 0 Å². The van der Waals surface area contributed by atoms with E-state index < -0.39 is 5.97 Å². The van der Waals surface area contributed by atoms with Crippen molar-refractivity contribution >= 4 is 47.4 Å². The molecule has 0 spiro atoms. The maximum Gasteiger partial charge on any atom is 0.347 e. The molecule has 0 saturated heterocycles. The number of hydrogen-bond donors (Lipinski definition) is 4. The van der Waals surface area contributed by atoms with Crippen LogP contribution >= 0.6 is 11.6 Å². The summed E-state index contributed by atoms with van der Waals surface area (Å²) in [6.07, 6.45) is 2.85. The minimum absolute atomic E-state index is 0.339. The standard InChI is InChI=1S/C20H19ClN4O3/c21-17(19(27)28)10-15-6-5-14(11-18(15)24-12-26)13-3-1-4-16(9-13)25-20-22-7-2-8-23-20/h1,3-6,9-12H,2,7-8H2,(H,24,26)(H,27,28)(H2,22,23,25). The molecular weight excluding hydrogens is 380 g/mol. The second-order valence-corrected chi connectivity index (χ2v) is 6.49. The van der Waals surface area contributed by atoms with Crippen molar-refractivity contribution in [3.8, 4) is 11.1 Å². The molecule has 0 fully saturated rings. The molecule has 0 aliphatic carbocycles. The number of aliphatic imine (C=N–C) groups is 1. The highest BCUT2D eigenvalue weighted by Crippen LogP contribution is 2.29. The second kappa shape index (κ2) is 9.05. The van der Waals surface area contributed by atoms with Crippen molar-refractivity contribution in [3.05, 3.63) is 53.1 Å². The van der Waals surface area contributed by atoms with Gasteiger partial charge in [-0.2, -0.15) is 0 Å². The van der Waals surface area contributed by atoms with E-state index in [2.05, 4.69) is 20.9 Å². The van der Waals surface area contributed by atoms with Crippen LogP contribution in [0.3, 0.4) is 0 Å². The molecule has 2 aromatic rings. The van der Waals surface area contributed by atoms with Gasteiger partial charge in [-0.15, -0.1) is 0 Å². The number of halogens is 1. The Morgan fingerprint density at radius 2 is 2.04 bits per heavy atom. The first-order valence-electron chi connectivity index (χ1n) is 8.67. The predicted molar refractivity (Wildman–Crippen MR) is 112 cm³/mol. The van der Waals surface area contributed by atoms with Crippen LogP contribution in [0.15, 0.2) is 52.5 Å². The molecule has 0 bridgehead atoms. The van der Waals surface area contributed by atoms with Crippen molar-refractivity contribution in [2.45, 2.75) is 6.42 Å². The van der Waals surface area contributed by atoms with E-state index in [1.807, 2.05) is 30.3 Å². The normalized spacial score (nSPS) is 13.9. The highest BCUT2D eigenvalue weighted by Gasteiger charge is 2.09. The number of carbonyl (C=O) groups is 2. The first-order chi connectivity index (χ1) is 13.6. The smallest absolute Gasteiger partial charge is 0.347 e. The molecule has 0 aromatic heterocycles. The summed E-state index contributed by atoms with van der Waals surface area (Å²) in [4.78, 5) is 26.3. The average molecular weight is 399 g/mol. The maximum atomic E-state index is 11.0. The Morgan fingerprint density at radius 1 is 1.21 bits per heavy atom. The van der Waals surface area contributed by atoms with Crippen LogP contribution in [-0.4, -0.2) is 36.5 Å². The molecule has 8 heteroatoms. The summed E-state index contributed by atoms with van der Waals surface area (Å²) in [5.41, 5.74) is 3.63. The van der Waals surface area contributed by atoms with E-state index in [0.717, 1.165) is 42.3 Å². The van der Waals surface area contributed by atoms with E-state index in [0.29, 0.717) is 17.7 Å². The minimum Gasteiger partial charge on any atom is -0.477 e. The number of rotatable bonds is 6. The summed E-state index contributed by atoms with van der Waals surface area (Å²) in [6, 6.07) is 13.1. The van der Waals surface area contributed by atoms with Crippen LogP contribution < -0.4 is 16.0 Å². The molecule has 0 radical (unpaired) electrons. The van der Waals surface area contributed by atoms with Crippen molar-refractivity contribution in [3.63, 3.8) is 0 Å². The fourth-order valence-corrected chi connectivity index (χ4v) is 2.90. The molecule has 4 N–H and O–H groups in total. The van der Waals surface area contributed by atoms with Crippen LogP contribution in [0.4, 0.5) is 11.4 Å². The number of carboxylic acid groups (broad SMARTS) is 1. The maximum absolute atomic E-state index is 11.0. The number of carboxylic acids is 1. The number of hydrogen-bond acceptors (Lipinski definition) is 5. The number of guanidine groups is 1. The molecule has 1 aliphatic rings. The lowest BCUT2D eigenvalue weighted by molar-refractivity contribution is -0.131. The number of benzene rings is 2. The molecule has 28 heavy (non-hydrogen) atoms. The van der Waals surface area contributed by atoms with Gasteiger partial charge in [-0.3, -0.25) is 9.79 Å². The third-order valence-corrected chi connectivity index (χ3v) is 4.38. The van der Waals surface area contributed by atoms with Gasteiger partial charge in [0, 0.05) is 24.5 Å². The molecule has 0 saturated carbocycles. The Kier molecular flexibility index (Phi) is 6.29. The van der Waals surface area contributed by atoms with Crippen LogP contribution in [0.2, 0.25) is 0 Å². The van der Waals surface area contributed by atoms with Gasteiger partial charge in [0.15, 0.2) is 5.96 Å². The number of aliphatic carboxylic acids is 1. The molecule has 1 amide bonds.